The van der Waals surface area contributed by atoms with Crippen LogP contribution < -0.4 is 10.6 Å². The first-order valence-corrected chi connectivity index (χ1v) is 10.3. The minimum absolute atomic E-state index is 0. The maximum absolute atomic E-state index is 12.4. The second-order valence-corrected chi connectivity index (χ2v) is 8.27. The number of aryl methyl sites for hydroxylation is 2. The van der Waals surface area contributed by atoms with Crippen molar-refractivity contribution >= 4 is 41.3 Å². The fraction of sp³-hybridized carbons (Fsp3) is 0.778. The smallest absolute Gasteiger partial charge is 0.357 e. The Balaban J connectivity index is 0.00000392. The lowest BCUT2D eigenvalue weighted by atomic mass is 9.93. The molecule has 2 rings (SSSR count). The van der Waals surface area contributed by atoms with E-state index < -0.39 is 12.7 Å². The second kappa shape index (κ2) is 12.2. The van der Waals surface area contributed by atoms with Gasteiger partial charge in [0.2, 0.25) is 0 Å². The highest BCUT2D eigenvalue weighted by Gasteiger charge is 2.32. The Morgan fingerprint density at radius 1 is 1.25 bits per heavy atom. The third-order valence-corrected chi connectivity index (χ3v) is 5.74. The van der Waals surface area contributed by atoms with Crippen molar-refractivity contribution in [3.8, 4) is 0 Å². The SMILES string of the molecule is CCNC(=NCc1sc(C)nc1C)NCCC1CCN(CC(F)(F)F)CC1.I. The van der Waals surface area contributed by atoms with E-state index in [-0.39, 0.29) is 24.0 Å². The van der Waals surface area contributed by atoms with E-state index in [9.17, 15) is 13.2 Å². The number of piperidine rings is 1. The standard InChI is InChI=1S/C18H30F3N5S.HI/c1-4-22-17(24-11-16-13(2)25-14(3)27-16)23-8-5-15-6-9-26(10-7-15)12-18(19,20)21;/h15H,4-12H2,1-3H3,(H2,22,23,24);1H. The zero-order valence-corrected chi connectivity index (χ0v) is 19.9. The number of thiazole rings is 1. The fourth-order valence-electron chi connectivity index (χ4n) is 3.29. The lowest BCUT2D eigenvalue weighted by Gasteiger charge is -2.32. The van der Waals surface area contributed by atoms with Crippen LogP contribution in [0, 0.1) is 19.8 Å². The third-order valence-electron chi connectivity index (χ3n) is 4.68. The Morgan fingerprint density at radius 3 is 2.46 bits per heavy atom. The lowest BCUT2D eigenvalue weighted by Crippen LogP contribution is -2.41. The maximum atomic E-state index is 12.4. The molecule has 1 saturated heterocycles. The number of alkyl halides is 3. The maximum Gasteiger partial charge on any atom is 0.401 e. The third kappa shape index (κ3) is 9.25. The molecule has 0 aromatic carbocycles. The predicted octanol–water partition coefficient (Wildman–Crippen LogP) is 4.10. The van der Waals surface area contributed by atoms with Crippen LogP contribution in [0.4, 0.5) is 13.2 Å². The zero-order valence-electron chi connectivity index (χ0n) is 16.7. The number of hydrogen-bond acceptors (Lipinski definition) is 4. The molecule has 0 atom stereocenters. The van der Waals surface area contributed by atoms with Crippen LogP contribution in [0.25, 0.3) is 0 Å². The van der Waals surface area contributed by atoms with Gasteiger partial charge in [-0.1, -0.05) is 0 Å². The van der Waals surface area contributed by atoms with E-state index in [0.29, 0.717) is 25.6 Å². The Bertz CT molecular complexity index is 613. The van der Waals surface area contributed by atoms with Crippen molar-refractivity contribution in [2.24, 2.45) is 10.9 Å². The molecule has 0 aliphatic carbocycles. The van der Waals surface area contributed by atoms with Crippen LogP contribution in [-0.4, -0.2) is 54.7 Å². The minimum Gasteiger partial charge on any atom is -0.357 e. The summed E-state index contributed by atoms with van der Waals surface area (Å²) >= 11 is 1.67. The Labute approximate surface area is 186 Å². The summed E-state index contributed by atoms with van der Waals surface area (Å²) in [6, 6.07) is 0. The van der Waals surface area contributed by atoms with Crippen LogP contribution in [0.1, 0.15) is 41.8 Å². The molecule has 5 nitrogen and oxygen atoms in total. The highest BCUT2D eigenvalue weighted by molar-refractivity contribution is 14.0. The van der Waals surface area contributed by atoms with Gasteiger partial charge in [-0.05, 0) is 59.0 Å². The number of nitrogens with one attached hydrogen (secondary N) is 2. The first-order chi connectivity index (χ1) is 12.8. The molecule has 1 fully saturated rings. The average molecular weight is 533 g/mol. The van der Waals surface area contributed by atoms with Crippen molar-refractivity contribution in [3.05, 3.63) is 15.6 Å². The molecule has 2 N–H and O–H groups in total. The minimum atomic E-state index is -4.10. The summed E-state index contributed by atoms with van der Waals surface area (Å²) < 4.78 is 37.3. The molecule has 0 spiro atoms. The summed E-state index contributed by atoms with van der Waals surface area (Å²) in [7, 11) is 0. The number of rotatable bonds is 7. The van der Waals surface area contributed by atoms with Gasteiger partial charge in [0.15, 0.2) is 5.96 Å². The molecule has 1 aromatic rings. The van der Waals surface area contributed by atoms with Gasteiger partial charge in [-0.15, -0.1) is 35.3 Å². The molecule has 10 heteroatoms. The Kier molecular flexibility index (Phi) is 11.0. The molecule has 162 valence electrons. The first kappa shape index (κ1) is 25.4. The summed E-state index contributed by atoms with van der Waals surface area (Å²) in [5.41, 5.74) is 1.03. The highest BCUT2D eigenvalue weighted by atomic mass is 127. The van der Waals surface area contributed by atoms with E-state index >= 15 is 0 Å². The average Bonchev–Trinajstić information content (AvgIpc) is 2.90. The van der Waals surface area contributed by atoms with Gasteiger partial charge in [0.05, 0.1) is 23.8 Å². The molecule has 1 aliphatic rings. The highest BCUT2D eigenvalue weighted by Crippen LogP contribution is 2.24. The normalized spacial score (nSPS) is 16.7. The first-order valence-electron chi connectivity index (χ1n) is 9.51. The zero-order chi connectivity index (χ0) is 19.9. The summed E-state index contributed by atoms with van der Waals surface area (Å²) in [6.45, 7) is 8.45. The number of aliphatic imine (C=N–C) groups is 1. The summed E-state index contributed by atoms with van der Waals surface area (Å²) in [5.74, 6) is 1.24. The van der Waals surface area contributed by atoms with Crippen molar-refractivity contribution in [3.63, 3.8) is 0 Å². The van der Waals surface area contributed by atoms with Crippen molar-refractivity contribution < 1.29 is 13.2 Å². The van der Waals surface area contributed by atoms with Gasteiger partial charge in [-0.3, -0.25) is 4.90 Å². The van der Waals surface area contributed by atoms with Gasteiger partial charge in [-0.2, -0.15) is 13.2 Å². The molecule has 0 bridgehead atoms. The van der Waals surface area contributed by atoms with Crippen LogP contribution in [0.2, 0.25) is 0 Å². The van der Waals surface area contributed by atoms with Gasteiger partial charge in [-0.25, -0.2) is 9.98 Å². The van der Waals surface area contributed by atoms with Gasteiger partial charge >= 0.3 is 6.18 Å². The molecular weight excluding hydrogens is 502 g/mol. The quantitative estimate of drug-likeness (QED) is 0.315. The molecule has 0 radical (unpaired) electrons. The van der Waals surface area contributed by atoms with Crippen LogP contribution in [0.3, 0.4) is 0 Å². The van der Waals surface area contributed by atoms with Crippen molar-refractivity contribution in [1.82, 2.24) is 20.5 Å². The van der Waals surface area contributed by atoms with Crippen LogP contribution in [-0.2, 0) is 6.54 Å². The molecule has 1 aromatic heterocycles. The van der Waals surface area contributed by atoms with E-state index in [4.69, 9.17) is 0 Å². The summed E-state index contributed by atoms with van der Waals surface area (Å²) in [5, 5.41) is 7.63. The molecule has 0 unspecified atom stereocenters. The van der Waals surface area contributed by atoms with E-state index in [2.05, 4.69) is 20.6 Å². The Hall–Kier alpha value is -0.620. The second-order valence-electron chi connectivity index (χ2n) is 6.99. The van der Waals surface area contributed by atoms with Crippen molar-refractivity contribution in [1.29, 1.82) is 0 Å². The van der Waals surface area contributed by atoms with E-state index in [1.165, 1.54) is 9.78 Å². The molecule has 0 saturated carbocycles. The fourth-order valence-corrected chi connectivity index (χ4v) is 4.16. The van der Waals surface area contributed by atoms with E-state index in [1.807, 2.05) is 20.8 Å². The van der Waals surface area contributed by atoms with E-state index in [1.54, 1.807) is 11.3 Å². The van der Waals surface area contributed by atoms with Gasteiger partial charge in [0.25, 0.3) is 0 Å². The molecule has 1 aliphatic heterocycles. The largest absolute Gasteiger partial charge is 0.401 e. The number of nitrogens with zero attached hydrogens (tertiary/aromatic N) is 3. The van der Waals surface area contributed by atoms with E-state index in [0.717, 1.165) is 49.0 Å². The number of aromatic nitrogens is 1. The monoisotopic (exact) mass is 533 g/mol. The van der Waals surface area contributed by atoms with Crippen LogP contribution in [0.15, 0.2) is 4.99 Å². The van der Waals surface area contributed by atoms with Crippen LogP contribution in [0.5, 0.6) is 0 Å². The molecule has 28 heavy (non-hydrogen) atoms. The topological polar surface area (TPSA) is 52.6 Å². The van der Waals surface area contributed by atoms with Crippen molar-refractivity contribution in [2.45, 2.75) is 52.8 Å². The van der Waals surface area contributed by atoms with Gasteiger partial charge in [0, 0.05) is 18.0 Å². The van der Waals surface area contributed by atoms with Crippen LogP contribution >= 0.6 is 35.3 Å². The number of hydrogen-bond donors (Lipinski definition) is 2. The van der Waals surface area contributed by atoms with Gasteiger partial charge in [0.1, 0.15) is 0 Å². The summed E-state index contributed by atoms with van der Waals surface area (Å²) in [4.78, 5) is 11.7. The molecule has 0 amide bonds. The molecule has 2 heterocycles. The summed E-state index contributed by atoms with van der Waals surface area (Å²) in [6.07, 6.45) is -1.50. The number of likely N-dealkylation sites (tertiary alicyclic amines) is 1. The lowest BCUT2D eigenvalue weighted by molar-refractivity contribution is -0.148. The number of guanidine groups is 1. The van der Waals surface area contributed by atoms with Crippen molar-refractivity contribution in [2.75, 3.05) is 32.7 Å². The Morgan fingerprint density at radius 2 is 1.93 bits per heavy atom. The predicted molar refractivity (Wildman–Crippen MR) is 120 cm³/mol. The molecular formula is C18H31F3IN5S. The number of halogens is 4. The van der Waals surface area contributed by atoms with Gasteiger partial charge < -0.3 is 10.6 Å².